The lowest BCUT2D eigenvalue weighted by atomic mass is 10.2. The molecule has 0 bridgehead atoms. The van der Waals surface area contributed by atoms with E-state index in [0.29, 0.717) is 12.3 Å². The van der Waals surface area contributed by atoms with E-state index in [0.717, 1.165) is 15.1 Å². The molecular formula is C10H11NO2S. The summed E-state index contributed by atoms with van der Waals surface area (Å²) in [5.74, 6) is 0.218. The van der Waals surface area contributed by atoms with Crippen LogP contribution in [0.3, 0.4) is 0 Å². The molecule has 2 aromatic rings. The molecule has 74 valence electrons. The molecule has 3 N–H and O–H groups in total. The van der Waals surface area contributed by atoms with Crippen LogP contribution in [-0.2, 0) is 0 Å². The minimum absolute atomic E-state index is 0.218. The summed E-state index contributed by atoms with van der Waals surface area (Å²) in [5.41, 5.74) is 6.18. The van der Waals surface area contributed by atoms with Gasteiger partial charge in [0, 0.05) is 17.1 Å². The van der Waals surface area contributed by atoms with E-state index in [1.807, 2.05) is 19.1 Å². The number of phenols is 1. The van der Waals surface area contributed by atoms with Gasteiger partial charge in [-0.05, 0) is 19.1 Å². The van der Waals surface area contributed by atoms with Crippen LogP contribution >= 0.6 is 11.3 Å². The van der Waals surface area contributed by atoms with Crippen LogP contribution in [-0.4, -0.2) is 11.7 Å². The van der Waals surface area contributed by atoms with Crippen LogP contribution in [0, 0.1) is 0 Å². The Hall–Kier alpha value is -1.42. The monoisotopic (exact) mass is 209 g/mol. The topological polar surface area (TPSA) is 55.5 Å². The van der Waals surface area contributed by atoms with E-state index in [2.05, 4.69) is 0 Å². The van der Waals surface area contributed by atoms with Crippen LogP contribution < -0.4 is 10.5 Å². The lowest BCUT2D eigenvalue weighted by Gasteiger charge is -1.96. The fourth-order valence-corrected chi connectivity index (χ4v) is 2.31. The number of benzene rings is 1. The number of nitrogen functional groups attached to an aromatic ring is 1. The third-order valence-corrected chi connectivity index (χ3v) is 2.97. The first-order valence-corrected chi connectivity index (χ1v) is 5.17. The van der Waals surface area contributed by atoms with E-state index >= 15 is 0 Å². The van der Waals surface area contributed by atoms with Gasteiger partial charge in [0.1, 0.15) is 5.75 Å². The highest BCUT2D eigenvalue weighted by Gasteiger charge is 2.07. The molecule has 1 heterocycles. The number of rotatable bonds is 2. The molecule has 3 nitrogen and oxygen atoms in total. The van der Waals surface area contributed by atoms with Crippen LogP contribution in [0.4, 0.5) is 5.69 Å². The molecule has 4 heteroatoms. The van der Waals surface area contributed by atoms with Crippen LogP contribution in [0.25, 0.3) is 10.1 Å². The Kier molecular flexibility index (Phi) is 2.21. The molecular weight excluding hydrogens is 198 g/mol. The zero-order valence-corrected chi connectivity index (χ0v) is 8.60. The second kappa shape index (κ2) is 3.38. The van der Waals surface area contributed by atoms with E-state index in [-0.39, 0.29) is 5.75 Å². The SMILES string of the molecule is CCOc1cc2cc(N)cc(O)c2s1. The van der Waals surface area contributed by atoms with E-state index in [1.165, 1.54) is 11.3 Å². The van der Waals surface area contributed by atoms with Gasteiger partial charge < -0.3 is 15.6 Å². The largest absolute Gasteiger partial charge is 0.506 e. The van der Waals surface area contributed by atoms with Crippen molar-refractivity contribution in [2.75, 3.05) is 12.3 Å². The van der Waals surface area contributed by atoms with Gasteiger partial charge in [-0.1, -0.05) is 11.3 Å². The van der Waals surface area contributed by atoms with E-state index < -0.39 is 0 Å². The Morgan fingerprint density at radius 1 is 1.43 bits per heavy atom. The first kappa shape index (κ1) is 9.15. The minimum Gasteiger partial charge on any atom is -0.506 e. The average Bonchev–Trinajstić information content (AvgIpc) is 2.48. The third-order valence-electron chi connectivity index (χ3n) is 1.88. The number of hydrogen-bond donors (Lipinski definition) is 2. The quantitative estimate of drug-likeness (QED) is 0.747. The standard InChI is InChI=1S/C10H11NO2S/c1-2-13-9-4-6-3-7(11)5-8(12)10(6)14-9/h3-5,12H,2,11H2,1H3. The van der Waals surface area contributed by atoms with Crippen LogP contribution in [0.1, 0.15) is 6.92 Å². The van der Waals surface area contributed by atoms with Crippen molar-refractivity contribution in [3.63, 3.8) is 0 Å². The van der Waals surface area contributed by atoms with Crippen LogP contribution in [0.15, 0.2) is 18.2 Å². The summed E-state index contributed by atoms with van der Waals surface area (Å²) in [7, 11) is 0. The lowest BCUT2D eigenvalue weighted by molar-refractivity contribution is 0.350. The molecule has 0 fully saturated rings. The Morgan fingerprint density at radius 2 is 2.21 bits per heavy atom. The summed E-state index contributed by atoms with van der Waals surface area (Å²) < 4.78 is 6.17. The van der Waals surface area contributed by atoms with Crippen molar-refractivity contribution < 1.29 is 9.84 Å². The zero-order valence-electron chi connectivity index (χ0n) is 7.78. The summed E-state index contributed by atoms with van der Waals surface area (Å²) in [6, 6.07) is 5.27. The number of aromatic hydroxyl groups is 1. The predicted molar refractivity (Wildman–Crippen MR) is 59.1 cm³/mol. The summed E-state index contributed by atoms with van der Waals surface area (Å²) in [6.45, 7) is 2.56. The Balaban J connectivity index is 2.58. The second-order valence-corrected chi connectivity index (χ2v) is 3.97. The Labute approximate surface area is 85.7 Å². The smallest absolute Gasteiger partial charge is 0.175 e. The lowest BCUT2D eigenvalue weighted by Crippen LogP contribution is -1.86. The van der Waals surface area contributed by atoms with Crippen molar-refractivity contribution in [1.29, 1.82) is 0 Å². The van der Waals surface area contributed by atoms with Gasteiger partial charge in [0.25, 0.3) is 0 Å². The Bertz CT molecular complexity index is 464. The molecule has 0 amide bonds. The normalized spacial score (nSPS) is 10.6. The molecule has 0 radical (unpaired) electrons. The first-order chi connectivity index (χ1) is 6.70. The predicted octanol–water partition coefficient (Wildman–Crippen LogP) is 2.59. The van der Waals surface area contributed by atoms with E-state index in [9.17, 15) is 5.11 Å². The van der Waals surface area contributed by atoms with E-state index in [4.69, 9.17) is 10.5 Å². The highest BCUT2D eigenvalue weighted by atomic mass is 32.1. The average molecular weight is 209 g/mol. The maximum Gasteiger partial charge on any atom is 0.175 e. The van der Waals surface area contributed by atoms with Gasteiger partial charge in [-0.3, -0.25) is 0 Å². The van der Waals surface area contributed by atoms with Crippen molar-refractivity contribution in [2.24, 2.45) is 0 Å². The molecule has 0 aliphatic rings. The van der Waals surface area contributed by atoms with Gasteiger partial charge in [-0.25, -0.2) is 0 Å². The molecule has 0 atom stereocenters. The maximum absolute atomic E-state index is 9.61. The van der Waals surface area contributed by atoms with Gasteiger partial charge in [0.2, 0.25) is 0 Å². The van der Waals surface area contributed by atoms with E-state index in [1.54, 1.807) is 6.07 Å². The number of fused-ring (bicyclic) bond motifs is 1. The molecule has 0 spiro atoms. The number of ether oxygens (including phenoxy) is 1. The molecule has 2 rings (SSSR count). The van der Waals surface area contributed by atoms with Gasteiger partial charge in [-0.15, -0.1) is 0 Å². The second-order valence-electron chi connectivity index (χ2n) is 2.96. The van der Waals surface area contributed by atoms with Crippen molar-refractivity contribution in [2.45, 2.75) is 6.92 Å². The number of phenolic OH excluding ortho intramolecular Hbond substituents is 1. The number of hydrogen-bond acceptors (Lipinski definition) is 4. The minimum atomic E-state index is 0.218. The summed E-state index contributed by atoms with van der Waals surface area (Å²) in [4.78, 5) is 0. The first-order valence-electron chi connectivity index (χ1n) is 4.35. The molecule has 1 aromatic carbocycles. The highest BCUT2D eigenvalue weighted by Crippen LogP contribution is 2.38. The van der Waals surface area contributed by atoms with Crippen molar-refractivity contribution in [3.8, 4) is 10.8 Å². The van der Waals surface area contributed by atoms with Crippen molar-refractivity contribution >= 4 is 27.1 Å². The molecule has 0 unspecified atom stereocenters. The summed E-state index contributed by atoms with van der Waals surface area (Å²) in [6.07, 6.45) is 0. The van der Waals surface area contributed by atoms with Gasteiger partial charge in [0.15, 0.2) is 5.06 Å². The fraction of sp³-hybridized carbons (Fsp3) is 0.200. The molecule has 0 saturated heterocycles. The van der Waals surface area contributed by atoms with Crippen LogP contribution in [0.2, 0.25) is 0 Å². The Morgan fingerprint density at radius 3 is 2.93 bits per heavy atom. The summed E-state index contributed by atoms with van der Waals surface area (Å²) >= 11 is 1.43. The molecule has 0 aliphatic heterocycles. The zero-order chi connectivity index (χ0) is 10.1. The van der Waals surface area contributed by atoms with Crippen LogP contribution in [0.5, 0.6) is 10.8 Å². The fourth-order valence-electron chi connectivity index (χ4n) is 1.35. The molecule has 0 aliphatic carbocycles. The van der Waals surface area contributed by atoms with Crippen molar-refractivity contribution in [3.05, 3.63) is 18.2 Å². The molecule has 0 saturated carbocycles. The number of thiophene rings is 1. The van der Waals surface area contributed by atoms with Gasteiger partial charge >= 0.3 is 0 Å². The third kappa shape index (κ3) is 1.48. The maximum atomic E-state index is 9.61. The number of nitrogens with two attached hydrogens (primary N) is 1. The molecule has 1 aromatic heterocycles. The van der Waals surface area contributed by atoms with Gasteiger partial charge in [0.05, 0.1) is 11.3 Å². The summed E-state index contributed by atoms with van der Waals surface area (Å²) in [5, 5.41) is 11.3. The number of anilines is 1. The van der Waals surface area contributed by atoms with Gasteiger partial charge in [-0.2, -0.15) is 0 Å². The highest BCUT2D eigenvalue weighted by molar-refractivity contribution is 7.21. The molecule has 14 heavy (non-hydrogen) atoms. The van der Waals surface area contributed by atoms with Crippen molar-refractivity contribution in [1.82, 2.24) is 0 Å².